The smallest absolute Gasteiger partial charge is 0.252 e. The second-order valence-corrected chi connectivity index (χ2v) is 8.49. The van der Waals surface area contributed by atoms with Crippen LogP contribution in [-0.2, 0) is 7.05 Å². The molecule has 5 rings (SSSR count). The summed E-state index contributed by atoms with van der Waals surface area (Å²) in [7, 11) is 1.74. The minimum Gasteiger partial charge on any atom is -0.363 e. The molecule has 1 aliphatic heterocycles. The molecule has 0 bridgehead atoms. The van der Waals surface area contributed by atoms with Crippen LogP contribution in [0.4, 0.5) is 11.4 Å². The Bertz CT molecular complexity index is 1430. The predicted octanol–water partition coefficient (Wildman–Crippen LogP) is 3.46. The van der Waals surface area contributed by atoms with E-state index < -0.39 is 0 Å². The van der Waals surface area contributed by atoms with Crippen LogP contribution in [0.5, 0.6) is 0 Å². The number of aryl methyl sites for hydroxylation is 1. The lowest BCUT2D eigenvalue weighted by Gasteiger charge is -2.46. The summed E-state index contributed by atoms with van der Waals surface area (Å²) >= 11 is 0. The van der Waals surface area contributed by atoms with Gasteiger partial charge in [-0.1, -0.05) is 24.3 Å². The summed E-state index contributed by atoms with van der Waals surface area (Å²) in [6.45, 7) is 5.86. The van der Waals surface area contributed by atoms with Crippen LogP contribution < -0.4 is 15.4 Å². The third-order valence-electron chi connectivity index (χ3n) is 6.44. The van der Waals surface area contributed by atoms with Gasteiger partial charge in [0, 0.05) is 55.3 Å². The molecule has 1 fully saturated rings. The fourth-order valence-corrected chi connectivity index (χ4v) is 4.72. The van der Waals surface area contributed by atoms with Crippen molar-refractivity contribution in [2.45, 2.75) is 25.9 Å². The van der Waals surface area contributed by atoms with E-state index in [4.69, 9.17) is 0 Å². The lowest BCUT2D eigenvalue weighted by molar-refractivity contribution is 0.482. The van der Waals surface area contributed by atoms with Crippen molar-refractivity contribution in [1.82, 2.24) is 14.5 Å². The molecule has 160 valence electrons. The molecule has 1 saturated heterocycles. The molecule has 0 amide bonds. The maximum Gasteiger partial charge on any atom is 0.252 e. The Balaban J connectivity index is 1.57. The van der Waals surface area contributed by atoms with Crippen molar-refractivity contribution in [2.24, 2.45) is 7.05 Å². The summed E-state index contributed by atoms with van der Waals surface area (Å²) in [5.74, 6) is 0. The van der Waals surface area contributed by atoms with E-state index in [1.54, 1.807) is 29.8 Å². The van der Waals surface area contributed by atoms with Gasteiger partial charge >= 0.3 is 0 Å². The molecule has 0 unspecified atom stereocenters. The number of fused-ring (bicyclic) bond motifs is 2. The number of benzene rings is 1. The summed E-state index contributed by atoms with van der Waals surface area (Å²) in [5, 5.41) is 11.7. The fourth-order valence-electron chi connectivity index (χ4n) is 4.72. The number of hydrogen-bond acceptors (Lipinski definition) is 6. The van der Waals surface area contributed by atoms with Crippen LogP contribution >= 0.6 is 0 Å². The van der Waals surface area contributed by atoms with Gasteiger partial charge in [0.05, 0.1) is 23.1 Å². The Morgan fingerprint density at radius 1 is 1.00 bits per heavy atom. The number of hydrogen-bond donors (Lipinski definition) is 0. The highest BCUT2D eigenvalue weighted by Crippen LogP contribution is 2.33. The molecule has 4 aromatic rings. The molecule has 0 saturated carbocycles. The number of nitrogens with zero attached hydrogens (tertiary/aromatic N) is 6. The molecule has 7 nitrogen and oxygen atoms in total. The highest BCUT2D eigenvalue weighted by Gasteiger charge is 2.32. The van der Waals surface area contributed by atoms with Crippen molar-refractivity contribution in [3.05, 3.63) is 70.9 Å². The van der Waals surface area contributed by atoms with Gasteiger partial charge in [-0.3, -0.25) is 9.78 Å². The van der Waals surface area contributed by atoms with E-state index in [1.165, 1.54) is 5.39 Å². The van der Waals surface area contributed by atoms with Crippen LogP contribution in [0, 0.1) is 11.3 Å². The third-order valence-corrected chi connectivity index (χ3v) is 6.44. The van der Waals surface area contributed by atoms with Gasteiger partial charge in [0.15, 0.2) is 0 Å². The molecular weight excluding hydrogens is 400 g/mol. The van der Waals surface area contributed by atoms with E-state index >= 15 is 0 Å². The van der Waals surface area contributed by atoms with Gasteiger partial charge < -0.3 is 14.4 Å². The second kappa shape index (κ2) is 7.65. The van der Waals surface area contributed by atoms with Crippen LogP contribution in [0.25, 0.3) is 21.8 Å². The van der Waals surface area contributed by atoms with Gasteiger partial charge in [0.2, 0.25) is 0 Å². The maximum absolute atomic E-state index is 12.7. The molecule has 0 N–H and O–H groups in total. The van der Waals surface area contributed by atoms with Crippen molar-refractivity contribution in [3.8, 4) is 6.07 Å². The van der Waals surface area contributed by atoms with E-state index in [-0.39, 0.29) is 17.6 Å². The Kier molecular flexibility index (Phi) is 4.78. The molecule has 4 heterocycles. The molecule has 32 heavy (non-hydrogen) atoms. The van der Waals surface area contributed by atoms with Crippen molar-refractivity contribution in [2.75, 3.05) is 22.9 Å². The number of nitriles is 1. The minimum atomic E-state index is -0.0838. The van der Waals surface area contributed by atoms with E-state index in [9.17, 15) is 10.1 Å². The molecule has 1 aromatic carbocycles. The SMILES string of the molecule is C[C@@H]1CN(c2cc(=O)n(C)c3ccc(C#N)nc23)[C@@H](C)CN1c1cncc2ccccc12. The first-order valence-electron chi connectivity index (χ1n) is 10.7. The topological polar surface area (TPSA) is 78.0 Å². The second-order valence-electron chi connectivity index (χ2n) is 8.49. The molecule has 0 aliphatic carbocycles. The van der Waals surface area contributed by atoms with Gasteiger partial charge in [0.1, 0.15) is 17.3 Å². The zero-order valence-corrected chi connectivity index (χ0v) is 18.4. The van der Waals surface area contributed by atoms with Gasteiger partial charge in [-0.2, -0.15) is 5.26 Å². The Hall–Kier alpha value is -3.92. The first-order chi connectivity index (χ1) is 15.5. The zero-order chi connectivity index (χ0) is 22.4. The lowest BCUT2D eigenvalue weighted by atomic mass is 10.0. The molecule has 7 heteroatoms. The molecule has 0 spiro atoms. The van der Waals surface area contributed by atoms with Crippen molar-refractivity contribution >= 4 is 33.2 Å². The van der Waals surface area contributed by atoms with Crippen molar-refractivity contribution in [3.63, 3.8) is 0 Å². The molecule has 2 atom stereocenters. The Labute approximate surface area is 186 Å². The standard InChI is InChI=1S/C25H24N6O/c1-16-15-31(23-13-27-12-18-6-4-5-7-20(18)23)17(2)14-30(16)22-10-24(32)29(3)21-9-8-19(11-26)28-25(21)22/h4-10,12-13,16-17H,14-15H2,1-3H3/t16-,17+/m0/s1. The minimum absolute atomic E-state index is 0.0838. The Morgan fingerprint density at radius 3 is 2.47 bits per heavy atom. The number of pyridine rings is 3. The summed E-state index contributed by atoms with van der Waals surface area (Å²) in [4.78, 5) is 26.4. The maximum atomic E-state index is 12.7. The zero-order valence-electron chi connectivity index (χ0n) is 18.4. The summed E-state index contributed by atoms with van der Waals surface area (Å²) in [6, 6.07) is 15.9. The molecule has 1 aliphatic rings. The molecular formula is C25H24N6O. The van der Waals surface area contributed by atoms with E-state index in [1.807, 2.05) is 18.5 Å². The van der Waals surface area contributed by atoms with E-state index in [2.05, 4.69) is 57.9 Å². The number of anilines is 2. The van der Waals surface area contributed by atoms with Gasteiger partial charge in [-0.05, 0) is 26.0 Å². The van der Waals surface area contributed by atoms with E-state index in [0.29, 0.717) is 11.2 Å². The first-order valence-corrected chi connectivity index (χ1v) is 10.7. The van der Waals surface area contributed by atoms with Gasteiger partial charge in [-0.25, -0.2) is 4.98 Å². The molecule has 0 radical (unpaired) electrons. The van der Waals surface area contributed by atoms with Crippen LogP contribution in [-0.4, -0.2) is 39.7 Å². The van der Waals surface area contributed by atoms with Crippen LogP contribution in [0.3, 0.4) is 0 Å². The number of rotatable bonds is 2. The first kappa shape index (κ1) is 20.0. The van der Waals surface area contributed by atoms with Crippen molar-refractivity contribution < 1.29 is 0 Å². The van der Waals surface area contributed by atoms with Crippen molar-refractivity contribution in [1.29, 1.82) is 5.26 Å². The largest absolute Gasteiger partial charge is 0.363 e. The number of aromatic nitrogens is 3. The van der Waals surface area contributed by atoms with Crippen LogP contribution in [0.2, 0.25) is 0 Å². The van der Waals surface area contributed by atoms with E-state index in [0.717, 1.165) is 35.4 Å². The van der Waals surface area contributed by atoms with Gasteiger partial charge in [0.25, 0.3) is 5.56 Å². The lowest BCUT2D eigenvalue weighted by Crippen LogP contribution is -2.57. The quantitative estimate of drug-likeness (QED) is 0.490. The average molecular weight is 425 g/mol. The summed E-state index contributed by atoms with van der Waals surface area (Å²) in [5.41, 5.74) is 3.59. The number of piperazine rings is 1. The monoisotopic (exact) mass is 424 g/mol. The molecule has 3 aromatic heterocycles. The van der Waals surface area contributed by atoms with Crippen LogP contribution in [0.1, 0.15) is 19.5 Å². The highest BCUT2D eigenvalue weighted by atomic mass is 16.1. The summed E-state index contributed by atoms with van der Waals surface area (Å²) in [6.07, 6.45) is 3.84. The summed E-state index contributed by atoms with van der Waals surface area (Å²) < 4.78 is 1.58. The predicted molar refractivity (Wildman–Crippen MR) is 127 cm³/mol. The van der Waals surface area contributed by atoms with Crippen LogP contribution in [0.15, 0.2) is 59.7 Å². The van der Waals surface area contributed by atoms with Gasteiger partial charge in [-0.15, -0.1) is 0 Å². The average Bonchev–Trinajstić information content (AvgIpc) is 2.82. The highest BCUT2D eigenvalue weighted by molar-refractivity contribution is 5.94. The normalized spacial score (nSPS) is 18.8. The third kappa shape index (κ3) is 3.16. The fraction of sp³-hybridized carbons (Fsp3) is 0.280. The Morgan fingerprint density at radius 2 is 1.72 bits per heavy atom.